The number of nitrogens with one attached hydrogen (secondary N) is 1. The first-order valence-corrected chi connectivity index (χ1v) is 7.60. The van der Waals surface area contributed by atoms with Gasteiger partial charge in [0.1, 0.15) is 16.5 Å². The highest BCUT2D eigenvalue weighted by molar-refractivity contribution is 7.09. The number of aromatic nitrogens is 1. The van der Waals surface area contributed by atoms with Crippen molar-refractivity contribution in [3.63, 3.8) is 0 Å². The van der Waals surface area contributed by atoms with Crippen LogP contribution in [0.3, 0.4) is 0 Å². The third-order valence-electron chi connectivity index (χ3n) is 2.75. The molecule has 0 radical (unpaired) electrons. The largest absolute Gasteiger partial charge is 0.491 e. The minimum absolute atomic E-state index is 0.119. The van der Waals surface area contributed by atoms with Gasteiger partial charge in [-0.2, -0.15) is 0 Å². The Labute approximate surface area is 128 Å². The molecule has 0 fully saturated rings. The summed E-state index contributed by atoms with van der Waals surface area (Å²) >= 11 is 1.38. The average molecular weight is 305 g/mol. The minimum Gasteiger partial charge on any atom is -0.491 e. The number of hydrogen-bond acceptors (Lipinski definition) is 5. The fraction of sp³-hybridized carbons (Fsp3) is 0.333. The number of thiazole rings is 1. The second kappa shape index (κ2) is 6.69. The molecule has 112 valence electrons. The molecule has 1 aromatic heterocycles. The molecule has 0 saturated heterocycles. The summed E-state index contributed by atoms with van der Waals surface area (Å²) in [6, 6.07) is 5.56. The van der Waals surface area contributed by atoms with Crippen molar-refractivity contribution in [3.05, 3.63) is 39.8 Å². The zero-order valence-electron chi connectivity index (χ0n) is 12.3. The lowest BCUT2D eigenvalue weighted by molar-refractivity contribution is 0.102. The van der Waals surface area contributed by atoms with E-state index in [9.17, 15) is 4.79 Å². The molecule has 3 N–H and O–H groups in total. The molecular weight excluding hydrogens is 286 g/mol. The van der Waals surface area contributed by atoms with E-state index in [0.717, 1.165) is 22.0 Å². The van der Waals surface area contributed by atoms with Gasteiger partial charge in [-0.05, 0) is 44.5 Å². The van der Waals surface area contributed by atoms with Crippen molar-refractivity contribution in [2.24, 2.45) is 5.73 Å². The van der Waals surface area contributed by atoms with Crippen LogP contribution in [0.15, 0.2) is 23.6 Å². The maximum Gasteiger partial charge on any atom is 0.275 e. The van der Waals surface area contributed by atoms with E-state index in [0.29, 0.717) is 12.2 Å². The van der Waals surface area contributed by atoms with Gasteiger partial charge < -0.3 is 15.8 Å². The monoisotopic (exact) mass is 305 g/mol. The van der Waals surface area contributed by atoms with Gasteiger partial charge in [0.2, 0.25) is 0 Å². The van der Waals surface area contributed by atoms with E-state index in [2.05, 4.69) is 10.3 Å². The highest BCUT2D eigenvalue weighted by Gasteiger charge is 2.11. The van der Waals surface area contributed by atoms with Gasteiger partial charge in [-0.1, -0.05) is 0 Å². The molecule has 0 saturated carbocycles. The lowest BCUT2D eigenvalue weighted by atomic mass is 10.2. The summed E-state index contributed by atoms with van der Waals surface area (Å²) in [6.07, 6.45) is 0.119. The zero-order chi connectivity index (χ0) is 15.4. The molecular formula is C15H19N3O2S. The SMILES string of the molecule is Cc1cc(NC(=O)c2csc(CN)n2)ccc1OC(C)C. The Kier molecular flexibility index (Phi) is 4.93. The van der Waals surface area contributed by atoms with Gasteiger partial charge in [0.05, 0.1) is 6.10 Å². The zero-order valence-corrected chi connectivity index (χ0v) is 13.2. The maximum absolute atomic E-state index is 12.1. The average Bonchev–Trinajstić information content (AvgIpc) is 2.90. The molecule has 0 unspecified atom stereocenters. The standard InChI is InChI=1S/C15H19N3O2S/c1-9(2)20-13-5-4-11(6-10(13)3)17-15(19)12-8-21-14(7-16)18-12/h4-6,8-9H,7,16H2,1-3H3,(H,17,19). The van der Waals surface area contributed by atoms with E-state index in [-0.39, 0.29) is 12.0 Å². The molecule has 6 heteroatoms. The maximum atomic E-state index is 12.1. The van der Waals surface area contributed by atoms with E-state index in [1.807, 2.05) is 39.0 Å². The number of rotatable bonds is 5. The smallest absolute Gasteiger partial charge is 0.275 e. The molecule has 0 bridgehead atoms. The molecule has 2 aromatic rings. The molecule has 0 atom stereocenters. The van der Waals surface area contributed by atoms with Crippen LogP contribution in [0.4, 0.5) is 5.69 Å². The van der Waals surface area contributed by atoms with Crippen molar-refractivity contribution in [1.29, 1.82) is 0 Å². The summed E-state index contributed by atoms with van der Waals surface area (Å²) in [5.41, 5.74) is 7.58. The van der Waals surface area contributed by atoms with Crippen LogP contribution in [0.5, 0.6) is 5.75 Å². The van der Waals surface area contributed by atoms with Crippen molar-refractivity contribution < 1.29 is 9.53 Å². The van der Waals surface area contributed by atoms with Crippen LogP contribution in [-0.2, 0) is 6.54 Å². The number of carbonyl (C=O) groups excluding carboxylic acids is 1. The number of nitrogens with zero attached hydrogens (tertiary/aromatic N) is 1. The second-order valence-corrected chi connectivity index (χ2v) is 5.87. The number of carbonyl (C=O) groups is 1. The molecule has 1 heterocycles. The number of benzene rings is 1. The fourth-order valence-corrected chi connectivity index (χ4v) is 2.47. The first kappa shape index (κ1) is 15.5. The number of anilines is 1. The molecule has 1 amide bonds. The molecule has 0 aliphatic heterocycles. The highest BCUT2D eigenvalue weighted by Crippen LogP contribution is 2.23. The van der Waals surface area contributed by atoms with E-state index in [4.69, 9.17) is 10.5 Å². The highest BCUT2D eigenvalue weighted by atomic mass is 32.1. The molecule has 2 rings (SSSR count). The second-order valence-electron chi connectivity index (χ2n) is 4.93. The van der Waals surface area contributed by atoms with Gasteiger partial charge in [0, 0.05) is 17.6 Å². The van der Waals surface area contributed by atoms with Crippen LogP contribution < -0.4 is 15.8 Å². The summed E-state index contributed by atoms with van der Waals surface area (Å²) in [4.78, 5) is 16.2. The summed E-state index contributed by atoms with van der Waals surface area (Å²) < 4.78 is 5.67. The molecule has 5 nitrogen and oxygen atoms in total. The van der Waals surface area contributed by atoms with Crippen LogP contribution in [0.1, 0.15) is 34.9 Å². The van der Waals surface area contributed by atoms with E-state index in [1.165, 1.54) is 11.3 Å². The Morgan fingerprint density at radius 3 is 2.81 bits per heavy atom. The van der Waals surface area contributed by atoms with E-state index < -0.39 is 0 Å². The normalized spacial score (nSPS) is 10.7. The van der Waals surface area contributed by atoms with Crippen molar-refractivity contribution in [2.75, 3.05) is 5.32 Å². The Balaban J connectivity index is 2.09. The molecule has 0 aliphatic carbocycles. The number of amides is 1. The third kappa shape index (κ3) is 4.03. The lowest BCUT2D eigenvalue weighted by Crippen LogP contribution is -2.13. The summed E-state index contributed by atoms with van der Waals surface area (Å²) in [7, 11) is 0. The Morgan fingerprint density at radius 1 is 1.48 bits per heavy atom. The van der Waals surface area contributed by atoms with Crippen LogP contribution in [-0.4, -0.2) is 17.0 Å². The molecule has 1 aromatic carbocycles. The molecule has 21 heavy (non-hydrogen) atoms. The Hall–Kier alpha value is -1.92. The van der Waals surface area contributed by atoms with Crippen LogP contribution in [0, 0.1) is 6.92 Å². The van der Waals surface area contributed by atoms with Crippen LogP contribution in [0.25, 0.3) is 0 Å². The van der Waals surface area contributed by atoms with Crippen molar-refractivity contribution in [1.82, 2.24) is 4.98 Å². The summed E-state index contributed by atoms with van der Waals surface area (Å²) in [5.74, 6) is 0.588. The van der Waals surface area contributed by atoms with Crippen LogP contribution >= 0.6 is 11.3 Å². The van der Waals surface area contributed by atoms with Gasteiger partial charge in [-0.3, -0.25) is 4.79 Å². The Morgan fingerprint density at radius 2 is 2.24 bits per heavy atom. The van der Waals surface area contributed by atoms with Gasteiger partial charge in [-0.15, -0.1) is 11.3 Å². The predicted molar refractivity (Wildman–Crippen MR) is 84.9 cm³/mol. The van der Waals surface area contributed by atoms with Crippen molar-refractivity contribution in [2.45, 2.75) is 33.4 Å². The van der Waals surface area contributed by atoms with Gasteiger partial charge >= 0.3 is 0 Å². The quantitative estimate of drug-likeness (QED) is 0.890. The first-order chi connectivity index (χ1) is 9.99. The summed E-state index contributed by atoms with van der Waals surface area (Å²) in [5, 5.41) is 5.28. The number of hydrogen-bond donors (Lipinski definition) is 2. The van der Waals surface area contributed by atoms with Crippen molar-refractivity contribution in [3.8, 4) is 5.75 Å². The molecule has 0 aliphatic rings. The van der Waals surface area contributed by atoms with Gasteiger partial charge in [0.15, 0.2) is 0 Å². The number of ether oxygens (including phenoxy) is 1. The Bertz CT molecular complexity index is 638. The van der Waals surface area contributed by atoms with Crippen molar-refractivity contribution >= 4 is 22.9 Å². The van der Waals surface area contributed by atoms with Gasteiger partial charge in [-0.25, -0.2) is 4.98 Å². The topological polar surface area (TPSA) is 77.2 Å². The number of nitrogens with two attached hydrogens (primary N) is 1. The van der Waals surface area contributed by atoms with Crippen LogP contribution in [0.2, 0.25) is 0 Å². The lowest BCUT2D eigenvalue weighted by Gasteiger charge is -2.13. The third-order valence-corrected chi connectivity index (χ3v) is 3.63. The molecule has 0 spiro atoms. The number of aryl methyl sites for hydroxylation is 1. The van der Waals surface area contributed by atoms with E-state index >= 15 is 0 Å². The summed E-state index contributed by atoms with van der Waals surface area (Å²) in [6.45, 7) is 6.25. The fourth-order valence-electron chi connectivity index (χ4n) is 1.82. The predicted octanol–water partition coefficient (Wildman–Crippen LogP) is 2.95. The minimum atomic E-state index is -0.233. The van der Waals surface area contributed by atoms with Gasteiger partial charge in [0.25, 0.3) is 5.91 Å². The van der Waals surface area contributed by atoms with E-state index in [1.54, 1.807) is 5.38 Å². The first-order valence-electron chi connectivity index (χ1n) is 6.72.